The lowest BCUT2D eigenvalue weighted by atomic mass is 10.7. The molecule has 0 fully saturated rings. The monoisotopic (exact) mass is 99.0 g/mol. The van der Waals surface area contributed by atoms with Gasteiger partial charge in [0.2, 0.25) is 6.30 Å². The van der Waals surface area contributed by atoms with Crippen LogP contribution in [0.3, 0.4) is 0 Å². The van der Waals surface area contributed by atoms with Gasteiger partial charge in [0.25, 0.3) is 6.43 Å². The first-order chi connectivity index (χ1) is 2.64. The smallest absolute Gasteiger partial charge is 0.282 e. The van der Waals surface area contributed by atoms with E-state index in [1.807, 2.05) is 0 Å². The van der Waals surface area contributed by atoms with E-state index in [-0.39, 0.29) is 0 Å². The Balaban J connectivity index is 2.99. The third-order valence-electron chi connectivity index (χ3n) is 0.241. The summed E-state index contributed by atoms with van der Waals surface area (Å²) >= 11 is 0. The van der Waals surface area contributed by atoms with Crippen molar-refractivity contribution in [2.75, 3.05) is 0 Å². The third kappa shape index (κ3) is 2.02. The Morgan fingerprint density at radius 1 is 1.17 bits per heavy atom. The van der Waals surface area contributed by atoms with Crippen LogP contribution in [0, 0.1) is 0 Å². The molecule has 6 heavy (non-hydrogen) atoms. The molecule has 0 aliphatic rings. The topological polar surface area (TPSA) is 26.0 Å². The first-order valence-corrected chi connectivity index (χ1v) is 1.32. The van der Waals surface area contributed by atoms with Crippen LogP contribution in [-0.4, -0.2) is 12.7 Å². The Morgan fingerprint density at radius 2 is 1.33 bits per heavy atom. The highest BCUT2D eigenvalue weighted by molar-refractivity contribution is 4.42. The molecule has 0 aliphatic carbocycles. The van der Waals surface area contributed by atoms with E-state index in [4.69, 9.17) is 0 Å². The minimum atomic E-state index is -3.04. The molecule has 0 radical (unpaired) electrons. The molecular weight excluding hydrogens is 95.0 g/mol. The Bertz CT molecular complexity index is 29.8. The van der Waals surface area contributed by atoms with E-state index in [1.165, 1.54) is 0 Å². The molecular formula is C2H4F3N. The molecule has 0 rings (SSSR count). The fraction of sp³-hybridized carbons (Fsp3) is 1.00. The molecule has 1 unspecified atom stereocenters. The molecule has 0 aromatic rings. The maximum absolute atomic E-state index is 10.9. The average Bonchev–Trinajstić information content (AvgIpc) is 1.36. The molecule has 4 heteroatoms. The number of hydrogen-bond donors (Lipinski definition) is 1. The lowest BCUT2D eigenvalue weighted by molar-refractivity contribution is 0.0537. The Labute approximate surface area is 32.9 Å². The zero-order valence-corrected chi connectivity index (χ0v) is 2.87. The number of hydrogen-bond acceptors (Lipinski definition) is 1. The lowest BCUT2D eigenvalue weighted by Crippen LogP contribution is -2.22. The van der Waals surface area contributed by atoms with Crippen LogP contribution in [0.5, 0.6) is 0 Å². The van der Waals surface area contributed by atoms with Gasteiger partial charge >= 0.3 is 0 Å². The average molecular weight is 99.1 g/mol. The van der Waals surface area contributed by atoms with Gasteiger partial charge in [0.05, 0.1) is 0 Å². The molecule has 0 saturated heterocycles. The molecule has 0 aromatic carbocycles. The van der Waals surface area contributed by atoms with Gasteiger partial charge in [0, 0.05) is 0 Å². The van der Waals surface area contributed by atoms with Crippen molar-refractivity contribution in [2.45, 2.75) is 12.7 Å². The fourth-order valence-corrected chi connectivity index (χ4v) is 0. The minimum absolute atomic E-state index is 2.48. The highest BCUT2D eigenvalue weighted by atomic mass is 19.3. The van der Waals surface area contributed by atoms with Crippen LogP contribution in [-0.2, 0) is 0 Å². The lowest BCUT2D eigenvalue weighted by Gasteiger charge is -1.93. The number of halogens is 3. The Kier molecular flexibility index (Phi) is 1.94. The molecule has 1 atom stereocenters. The van der Waals surface area contributed by atoms with E-state index >= 15 is 0 Å². The SMILES string of the molecule is NC(F)C(F)F. The standard InChI is InChI=1S/C2H4F3N/c3-1(4)2(5)6/h1-2H,6H2. The summed E-state index contributed by atoms with van der Waals surface area (Å²) in [7, 11) is 0. The zero-order chi connectivity index (χ0) is 5.15. The van der Waals surface area contributed by atoms with Gasteiger partial charge in [-0.3, -0.25) is 5.73 Å². The van der Waals surface area contributed by atoms with E-state index in [0.29, 0.717) is 0 Å². The second-order valence-corrected chi connectivity index (χ2v) is 0.779. The summed E-state index contributed by atoms with van der Waals surface area (Å²) < 4.78 is 32.2. The summed E-state index contributed by atoms with van der Waals surface area (Å²) in [6.07, 6.45) is -5.52. The molecule has 0 spiro atoms. The van der Waals surface area contributed by atoms with E-state index in [0.717, 1.165) is 0 Å². The predicted molar refractivity (Wildman–Crippen MR) is 15.1 cm³/mol. The van der Waals surface area contributed by atoms with Crippen molar-refractivity contribution in [1.82, 2.24) is 0 Å². The van der Waals surface area contributed by atoms with Gasteiger partial charge in [-0.15, -0.1) is 0 Å². The molecule has 38 valence electrons. The predicted octanol–water partition coefficient (Wildman–Crippen LogP) is 0.506. The van der Waals surface area contributed by atoms with Gasteiger partial charge in [-0.25, -0.2) is 13.2 Å². The van der Waals surface area contributed by atoms with E-state index in [9.17, 15) is 13.2 Å². The molecule has 0 saturated carbocycles. The minimum Gasteiger partial charge on any atom is -0.297 e. The Hall–Kier alpha value is -0.250. The van der Waals surface area contributed by atoms with Gasteiger partial charge in [0.1, 0.15) is 0 Å². The normalized spacial score (nSPS) is 15.5. The van der Waals surface area contributed by atoms with Crippen LogP contribution in [0.25, 0.3) is 0 Å². The van der Waals surface area contributed by atoms with Crippen LogP contribution in [0.15, 0.2) is 0 Å². The summed E-state index contributed by atoms with van der Waals surface area (Å²) in [5, 5.41) is 0. The maximum Gasteiger partial charge on any atom is 0.282 e. The van der Waals surface area contributed by atoms with Crippen molar-refractivity contribution >= 4 is 0 Å². The molecule has 0 amide bonds. The van der Waals surface area contributed by atoms with Gasteiger partial charge < -0.3 is 0 Å². The highest BCUT2D eigenvalue weighted by Crippen LogP contribution is 1.96. The highest BCUT2D eigenvalue weighted by Gasteiger charge is 2.11. The Morgan fingerprint density at radius 3 is 1.33 bits per heavy atom. The molecule has 1 nitrogen and oxygen atoms in total. The van der Waals surface area contributed by atoms with Crippen LogP contribution in [0.1, 0.15) is 0 Å². The first kappa shape index (κ1) is 5.75. The summed E-state index contributed by atoms with van der Waals surface area (Å²) in [6, 6.07) is 0. The zero-order valence-electron chi connectivity index (χ0n) is 2.87. The van der Waals surface area contributed by atoms with Gasteiger partial charge in [-0.05, 0) is 0 Å². The molecule has 0 heterocycles. The summed E-state index contributed by atoms with van der Waals surface area (Å²) in [6.45, 7) is 0. The molecule has 0 bridgehead atoms. The van der Waals surface area contributed by atoms with E-state index in [1.54, 1.807) is 0 Å². The van der Waals surface area contributed by atoms with Gasteiger partial charge in [0.15, 0.2) is 0 Å². The van der Waals surface area contributed by atoms with Crippen LogP contribution < -0.4 is 5.73 Å². The van der Waals surface area contributed by atoms with Gasteiger partial charge in [-0.1, -0.05) is 0 Å². The largest absolute Gasteiger partial charge is 0.297 e. The number of alkyl halides is 3. The second-order valence-electron chi connectivity index (χ2n) is 0.779. The van der Waals surface area contributed by atoms with Crippen molar-refractivity contribution < 1.29 is 13.2 Å². The molecule has 2 N–H and O–H groups in total. The van der Waals surface area contributed by atoms with Crippen LogP contribution in [0.4, 0.5) is 13.2 Å². The molecule has 0 aromatic heterocycles. The third-order valence-corrected chi connectivity index (χ3v) is 0.241. The summed E-state index contributed by atoms with van der Waals surface area (Å²) in [5.41, 5.74) is 4.02. The van der Waals surface area contributed by atoms with E-state index < -0.39 is 12.7 Å². The van der Waals surface area contributed by atoms with Crippen molar-refractivity contribution in [3.8, 4) is 0 Å². The van der Waals surface area contributed by atoms with Crippen molar-refractivity contribution in [2.24, 2.45) is 5.73 Å². The van der Waals surface area contributed by atoms with Gasteiger partial charge in [-0.2, -0.15) is 0 Å². The number of rotatable bonds is 1. The van der Waals surface area contributed by atoms with Crippen LogP contribution in [0.2, 0.25) is 0 Å². The second kappa shape index (κ2) is 2.02. The maximum atomic E-state index is 10.9. The summed E-state index contributed by atoms with van der Waals surface area (Å²) in [4.78, 5) is 0. The molecule has 0 aliphatic heterocycles. The van der Waals surface area contributed by atoms with Crippen molar-refractivity contribution in [3.05, 3.63) is 0 Å². The fourth-order valence-electron chi connectivity index (χ4n) is 0. The first-order valence-electron chi connectivity index (χ1n) is 1.32. The summed E-state index contributed by atoms with van der Waals surface area (Å²) in [5.74, 6) is 0. The van der Waals surface area contributed by atoms with E-state index in [2.05, 4.69) is 5.73 Å². The quantitative estimate of drug-likeness (QED) is 0.476. The van der Waals surface area contributed by atoms with Crippen molar-refractivity contribution in [3.63, 3.8) is 0 Å². The van der Waals surface area contributed by atoms with Crippen molar-refractivity contribution in [1.29, 1.82) is 0 Å². The number of nitrogens with two attached hydrogens (primary N) is 1. The van der Waals surface area contributed by atoms with Crippen LogP contribution >= 0.6 is 0 Å².